The van der Waals surface area contributed by atoms with Crippen molar-refractivity contribution in [3.8, 4) is 11.4 Å². The molecular formula is C19H27N5O3. The van der Waals surface area contributed by atoms with E-state index >= 15 is 0 Å². The molecule has 0 saturated carbocycles. The van der Waals surface area contributed by atoms with Gasteiger partial charge in [0.15, 0.2) is 0 Å². The third-order valence-corrected chi connectivity index (χ3v) is 4.73. The maximum absolute atomic E-state index is 12.5. The monoisotopic (exact) mass is 373 g/mol. The lowest BCUT2D eigenvalue weighted by Gasteiger charge is -2.34. The lowest BCUT2D eigenvalue weighted by atomic mass is 10.1. The van der Waals surface area contributed by atoms with Crippen LogP contribution in [-0.4, -0.2) is 72.4 Å². The van der Waals surface area contributed by atoms with Gasteiger partial charge in [0.05, 0.1) is 6.61 Å². The lowest BCUT2D eigenvalue weighted by Crippen LogP contribution is -2.52. The van der Waals surface area contributed by atoms with Crippen molar-refractivity contribution < 1.29 is 14.1 Å². The fourth-order valence-electron chi connectivity index (χ4n) is 2.96. The standard InChI is InChI=1S/C19H27N5O3/c1-14-4-6-16(7-5-14)17-21-18(27-22-17)15(2)20-19(25)24-10-8-23(9-11-24)12-13-26-3/h4-7,15H,8-13H2,1-3H3,(H,20,25)/t15-/m0/s1. The number of hydrogen-bond acceptors (Lipinski definition) is 6. The second-order valence-electron chi connectivity index (χ2n) is 6.81. The van der Waals surface area contributed by atoms with Crippen molar-refractivity contribution in [2.75, 3.05) is 46.4 Å². The highest BCUT2D eigenvalue weighted by Crippen LogP contribution is 2.19. The van der Waals surface area contributed by atoms with Gasteiger partial charge in [0.2, 0.25) is 11.7 Å². The van der Waals surface area contributed by atoms with E-state index in [4.69, 9.17) is 9.26 Å². The van der Waals surface area contributed by atoms with Gasteiger partial charge < -0.3 is 19.5 Å². The molecule has 0 unspecified atom stereocenters. The minimum Gasteiger partial charge on any atom is -0.383 e. The van der Waals surface area contributed by atoms with Crippen LogP contribution >= 0.6 is 0 Å². The van der Waals surface area contributed by atoms with Crippen LogP contribution in [0.5, 0.6) is 0 Å². The van der Waals surface area contributed by atoms with Gasteiger partial charge in [-0.05, 0) is 13.8 Å². The zero-order valence-corrected chi connectivity index (χ0v) is 16.1. The first-order chi connectivity index (χ1) is 13.1. The number of ether oxygens (including phenoxy) is 1. The van der Waals surface area contributed by atoms with E-state index in [1.807, 2.05) is 43.0 Å². The Balaban J connectivity index is 1.52. The van der Waals surface area contributed by atoms with E-state index in [1.54, 1.807) is 7.11 Å². The van der Waals surface area contributed by atoms with Gasteiger partial charge in [-0.25, -0.2) is 4.79 Å². The molecule has 1 aromatic carbocycles. The Morgan fingerprint density at radius 3 is 2.63 bits per heavy atom. The Hall–Kier alpha value is -2.45. The van der Waals surface area contributed by atoms with E-state index in [0.717, 1.165) is 25.2 Å². The summed E-state index contributed by atoms with van der Waals surface area (Å²) in [6.45, 7) is 8.57. The number of aromatic nitrogens is 2. The highest BCUT2D eigenvalue weighted by atomic mass is 16.5. The molecule has 1 N–H and O–H groups in total. The van der Waals surface area contributed by atoms with Crippen LogP contribution in [0.1, 0.15) is 24.4 Å². The summed E-state index contributed by atoms with van der Waals surface area (Å²) in [5, 5.41) is 6.97. The van der Waals surface area contributed by atoms with Crippen molar-refractivity contribution in [2.45, 2.75) is 19.9 Å². The van der Waals surface area contributed by atoms with Crippen molar-refractivity contribution in [1.29, 1.82) is 0 Å². The number of benzene rings is 1. The molecule has 1 fully saturated rings. The second-order valence-corrected chi connectivity index (χ2v) is 6.81. The number of carbonyl (C=O) groups is 1. The summed E-state index contributed by atoms with van der Waals surface area (Å²) in [4.78, 5) is 21.0. The summed E-state index contributed by atoms with van der Waals surface area (Å²) in [7, 11) is 1.70. The number of methoxy groups -OCH3 is 1. The first kappa shape index (κ1) is 19.3. The average molecular weight is 373 g/mol. The first-order valence-corrected chi connectivity index (χ1v) is 9.24. The van der Waals surface area contributed by atoms with E-state index in [1.165, 1.54) is 5.56 Å². The van der Waals surface area contributed by atoms with Gasteiger partial charge in [0.25, 0.3) is 0 Å². The quantitative estimate of drug-likeness (QED) is 0.835. The highest BCUT2D eigenvalue weighted by molar-refractivity contribution is 5.74. The van der Waals surface area contributed by atoms with Crippen LogP contribution in [-0.2, 0) is 4.74 Å². The van der Waals surface area contributed by atoms with Crippen molar-refractivity contribution in [3.05, 3.63) is 35.7 Å². The van der Waals surface area contributed by atoms with E-state index in [-0.39, 0.29) is 12.1 Å². The first-order valence-electron chi connectivity index (χ1n) is 9.24. The molecule has 0 aliphatic carbocycles. The van der Waals surface area contributed by atoms with Crippen LogP contribution in [0.15, 0.2) is 28.8 Å². The van der Waals surface area contributed by atoms with E-state index in [2.05, 4.69) is 20.4 Å². The Bertz CT molecular complexity index is 738. The number of urea groups is 1. The molecule has 2 amide bonds. The van der Waals surface area contributed by atoms with Gasteiger partial charge in [0.1, 0.15) is 6.04 Å². The number of rotatable bonds is 6. The summed E-state index contributed by atoms with van der Waals surface area (Å²) in [6.07, 6.45) is 0. The Morgan fingerprint density at radius 1 is 1.26 bits per heavy atom. The average Bonchev–Trinajstić information content (AvgIpc) is 3.17. The zero-order valence-electron chi connectivity index (χ0n) is 16.1. The summed E-state index contributed by atoms with van der Waals surface area (Å²) in [6, 6.07) is 7.46. The molecule has 3 rings (SSSR count). The number of amides is 2. The van der Waals surface area contributed by atoms with Crippen molar-refractivity contribution in [2.24, 2.45) is 0 Å². The van der Waals surface area contributed by atoms with Crippen molar-refractivity contribution in [1.82, 2.24) is 25.3 Å². The molecule has 8 heteroatoms. The summed E-state index contributed by atoms with van der Waals surface area (Å²) in [5.41, 5.74) is 2.06. The number of piperazine rings is 1. The largest absolute Gasteiger partial charge is 0.383 e. The predicted octanol–water partition coefficient (Wildman–Crippen LogP) is 2.08. The minimum absolute atomic E-state index is 0.107. The molecule has 0 spiro atoms. The van der Waals surface area contributed by atoms with Gasteiger partial charge in [-0.1, -0.05) is 35.0 Å². The summed E-state index contributed by atoms with van der Waals surface area (Å²) >= 11 is 0. The van der Waals surface area contributed by atoms with Gasteiger partial charge >= 0.3 is 6.03 Å². The number of nitrogens with zero attached hydrogens (tertiary/aromatic N) is 4. The van der Waals surface area contributed by atoms with Crippen LogP contribution in [0.4, 0.5) is 4.79 Å². The molecule has 2 aromatic rings. The normalized spacial score (nSPS) is 16.3. The molecule has 1 aromatic heterocycles. The van der Waals surface area contributed by atoms with Gasteiger partial charge in [-0.15, -0.1) is 0 Å². The van der Waals surface area contributed by atoms with Crippen molar-refractivity contribution in [3.63, 3.8) is 0 Å². The van der Waals surface area contributed by atoms with Crippen LogP contribution in [0.25, 0.3) is 11.4 Å². The molecule has 2 heterocycles. The maximum atomic E-state index is 12.5. The molecule has 146 valence electrons. The Kier molecular flexibility index (Phi) is 6.41. The highest BCUT2D eigenvalue weighted by Gasteiger charge is 2.24. The summed E-state index contributed by atoms with van der Waals surface area (Å²) in [5.74, 6) is 0.926. The van der Waals surface area contributed by atoms with Gasteiger partial charge in [0, 0.05) is 45.4 Å². The van der Waals surface area contributed by atoms with Crippen LogP contribution in [0.3, 0.4) is 0 Å². The minimum atomic E-state index is -0.351. The van der Waals surface area contributed by atoms with E-state index in [0.29, 0.717) is 31.4 Å². The fraction of sp³-hybridized carbons (Fsp3) is 0.526. The second kappa shape index (κ2) is 8.96. The van der Waals surface area contributed by atoms with Gasteiger partial charge in [-0.3, -0.25) is 4.90 Å². The molecule has 1 saturated heterocycles. The molecule has 0 radical (unpaired) electrons. The van der Waals surface area contributed by atoms with Crippen LogP contribution < -0.4 is 5.32 Å². The van der Waals surface area contributed by atoms with E-state index < -0.39 is 0 Å². The topological polar surface area (TPSA) is 83.7 Å². The molecule has 1 atom stereocenters. The maximum Gasteiger partial charge on any atom is 0.318 e. The summed E-state index contributed by atoms with van der Waals surface area (Å²) < 4.78 is 10.4. The number of aryl methyl sites for hydroxylation is 1. The predicted molar refractivity (Wildman–Crippen MR) is 101 cm³/mol. The van der Waals surface area contributed by atoms with Gasteiger partial charge in [-0.2, -0.15) is 4.98 Å². The number of hydrogen-bond donors (Lipinski definition) is 1. The Labute approximate surface area is 159 Å². The van der Waals surface area contributed by atoms with Crippen molar-refractivity contribution >= 4 is 6.03 Å². The van der Waals surface area contributed by atoms with E-state index in [9.17, 15) is 4.79 Å². The molecule has 0 bridgehead atoms. The molecule has 1 aliphatic heterocycles. The third-order valence-electron chi connectivity index (χ3n) is 4.73. The molecular weight excluding hydrogens is 346 g/mol. The molecule has 8 nitrogen and oxygen atoms in total. The van der Waals surface area contributed by atoms with Crippen LogP contribution in [0, 0.1) is 6.92 Å². The zero-order chi connectivity index (χ0) is 19.2. The Morgan fingerprint density at radius 2 is 1.96 bits per heavy atom. The lowest BCUT2D eigenvalue weighted by molar-refractivity contribution is 0.105. The molecule has 27 heavy (non-hydrogen) atoms. The fourth-order valence-corrected chi connectivity index (χ4v) is 2.96. The SMILES string of the molecule is COCCN1CCN(C(=O)N[C@@H](C)c2nc(-c3ccc(C)cc3)no2)CC1. The molecule has 1 aliphatic rings. The smallest absolute Gasteiger partial charge is 0.318 e. The number of nitrogens with one attached hydrogen (secondary N) is 1. The number of carbonyl (C=O) groups excluding carboxylic acids is 1. The third kappa shape index (κ3) is 5.05. The van der Waals surface area contributed by atoms with Crippen LogP contribution in [0.2, 0.25) is 0 Å².